The van der Waals surface area contributed by atoms with Crippen LogP contribution in [-0.4, -0.2) is 11.5 Å². The van der Waals surface area contributed by atoms with Gasteiger partial charge in [0.25, 0.3) is 0 Å². The summed E-state index contributed by atoms with van der Waals surface area (Å²) in [6, 6.07) is 6.33. The fraction of sp³-hybridized carbons (Fsp3) is 0.312. The summed E-state index contributed by atoms with van der Waals surface area (Å²) >= 11 is 6.15. The smallest absolute Gasteiger partial charge is 0.0438 e. The highest BCUT2D eigenvalue weighted by Gasteiger charge is 2.06. The molecule has 2 rings (SSSR count). The Morgan fingerprint density at radius 2 is 1.89 bits per heavy atom. The number of nitrogens with zero attached hydrogens (tertiary/aromatic N) is 1. The molecular formula is C16H19ClN2. The summed E-state index contributed by atoms with van der Waals surface area (Å²) in [5, 5.41) is 4.13. The Balaban J connectivity index is 2.38. The Morgan fingerprint density at radius 1 is 1.11 bits per heavy atom. The Kier molecular flexibility index (Phi) is 4.56. The molecular weight excluding hydrogens is 256 g/mol. The molecule has 3 heteroatoms. The van der Waals surface area contributed by atoms with Gasteiger partial charge in [0.15, 0.2) is 0 Å². The summed E-state index contributed by atoms with van der Waals surface area (Å²) in [4.78, 5) is 4.33. The van der Waals surface area contributed by atoms with Crippen molar-refractivity contribution >= 4 is 11.6 Å². The molecule has 0 aliphatic heterocycles. The highest BCUT2D eigenvalue weighted by atomic mass is 35.5. The van der Waals surface area contributed by atoms with Gasteiger partial charge in [-0.05, 0) is 60.8 Å². The summed E-state index contributed by atoms with van der Waals surface area (Å²) < 4.78 is 0. The molecule has 2 aromatic rings. The van der Waals surface area contributed by atoms with Crippen LogP contribution in [0.4, 0.5) is 0 Å². The molecule has 1 aromatic carbocycles. The molecule has 0 saturated carbocycles. The van der Waals surface area contributed by atoms with Gasteiger partial charge in [-0.25, -0.2) is 0 Å². The lowest BCUT2D eigenvalue weighted by Gasteiger charge is -2.10. The zero-order chi connectivity index (χ0) is 13.8. The molecule has 1 aromatic heterocycles. The first-order valence-electron chi connectivity index (χ1n) is 6.53. The largest absolute Gasteiger partial charge is 0.313 e. The molecule has 0 fully saturated rings. The maximum atomic E-state index is 6.15. The normalized spacial score (nSPS) is 10.7. The first-order valence-corrected chi connectivity index (χ1v) is 6.91. The van der Waals surface area contributed by atoms with Crippen LogP contribution in [-0.2, 0) is 6.54 Å². The Hall–Kier alpha value is -1.38. The second kappa shape index (κ2) is 6.18. The Morgan fingerprint density at radius 3 is 2.63 bits per heavy atom. The summed E-state index contributed by atoms with van der Waals surface area (Å²) in [5.74, 6) is 0. The van der Waals surface area contributed by atoms with Crippen molar-refractivity contribution < 1.29 is 0 Å². The predicted molar refractivity (Wildman–Crippen MR) is 81.5 cm³/mol. The molecule has 0 bridgehead atoms. The highest BCUT2D eigenvalue weighted by molar-refractivity contribution is 6.31. The minimum atomic E-state index is 0.818. The average molecular weight is 275 g/mol. The van der Waals surface area contributed by atoms with Crippen LogP contribution in [0.25, 0.3) is 11.1 Å². The number of aromatic nitrogens is 1. The van der Waals surface area contributed by atoms with Crippen molar-refractivity contribution in [3.05, 3.63) is 52.3 Å². The van der Waals surface area contributed by atoms with Crippen LogP contribution < -0.4 is 5.32 Å². The molecule has 0 amide bonds. The van der Waals surface area contributed by atoms with Gasteiger partial charge in [0.05, 0.1) is 0 Å². The number of hydrogen-bond acceptors (Lipinski definition) is 2. The molecule has 2 nitrogen and oxygen atoms in total. The van der Waals surface area contributed by atoms with Crippen LogP contribution in [0, 0.1) is 13.8 Å². The SMILES string of the molecule is CCNCc1cncc(-c2cc(C)c(Cl)cc2C)c1. The number of benzene rings is 1. The minimum Gasteiger partial charge on any atom is -0.313 e. The minimum absolute atomic E-state index is 0.818. The van der Waals surface area contributed by atoms with Crippen molar-refractivity contribution in [3.63, 3.8) is 0 Å². The number of pyridine rings is 1. The van der Waals surface area contributed by atoms with Crippen molar-refractivity contribution in [2.75, 3.05) is 6.54 Å². The monoisotopic (exact) mass is 274 g/mol. The van der Waals surface area contributed by atoms with E-state index in [0.717, 1.165) is 29.2 Å². The summed E-state index contributed by atoms with van der Waals surface area (Å²) in [6.45, 7) is 8.02. The van der Waals surface area contributed by atoms with E-state index in [1.54, 1.807) is 0 Å². The topological polar surface area (TPSA) is 24.9 Å². The van der Waals surface area contributed by atoms with Gasteiger partial charge in [-0.15, -0.1) is 0 Å². The fourth-order valence-corrected chi connectivity index (χ4v) is 2.31. The zero-order valence-electron chi connectivity index (χ0n) is 11.6. The number of nitrogens with one attached hydrogen (secondary N) is 1. The van der Waals surface area contributed by atoms with Gasteiger partial charge in [0.2, 0.25) is 0 Å². The van der Waals surface area contributed by atoms with Crippen molar-refractivity contribution in [1.29, 1.82) is 0 Å². The maximum absolute atomic E-state index is 6.15. The number of rotatable bonds is 4. The third-order valence-corrected chi connectivity index (χ3v) is 3.60. The second-order valence-corrected chi connectivity index (χ2v) is 5.19. The molecule has 0 unspecified atom stereocenters. The van der Waals surface area contributed by atoms with Gasteiger partial charge in [-0.2, -0.15) is 0 Å². The van der Waals surface area contributed by atoms with E-state index in [1.165, 1.54) is 16.7 Å². The van der Waals surface area contributed by atoms with Crippen LogP contribution in [0.3, 0.4) is 0 Å². The van der Waals surface area contributed by atoms with E-state index in [2.05, 4.69) is 36.3 Å². The molecule has 19 heavy (non-hydrogen) atoms. The molecule has 0 spiro atoms. The first kappa shape index (κ1) is 14.0. The van der Waals surface area contributed by atoms with Gasteiger partial charge in [0, 0.05) is 29.5 Å². The highest BCUT2D eigenvalue weighted by Crippen LogP contribution is 2.28. The van der Waals surface area contributed by atoms with Crippen LogP contribution >= 0.6 is 11.6 Å². The summed E-state index contributed by atoms with van der Waals surface area (Å²) in [6.07, 6.45) is 3.81. The van der Waals surface area contributed by atoms with Gasteiger partial charge < -0.3 is 5.32 Å². The van der Waals surface area contributed by atoms with E-state index in [1.807, 2.05) is 25.4 Å². The number of aryl methyl sites for hydroxylation is 2. The molecule has 0 aliphatic rings. The van der Waals surface area contributed by atoms with Crippen molar-refractivity contribution in [1.82, 2.24) is 10.3 Å². The fourth-order valence-electron chi connectivity index (χ4n) is 2.09. The van der Waals surface area contributed by atoms with Crippen LogP contribution in [0.1, 0.15) is 23.6 Å². The first-order chi connectivity index (χ1) is 9.11. The number of hydrogen-bond donors (Lipinski definition) is 1. The average Bonchev–Trinajstić information content (AvgIpc) is 2.41. The molecule has 1 N–H and O–H groups in total. The van der Waals surface area contributed by atoms with Crippen molar-refractivity contribution in [2.24, 2.45) is 0 Å². The van der Waals surface area contributed by atoms with Crippen molar-refractivity contribution in [3.8, 4) is 11.1 Å². The van der Waals surface area contributed by atoms with E-state index >= 15 is 0 Å². The maximum Gasteiger partial charge on any atom is 0.0438 e. The quantitative estimate of drug-likeness (QED) is 0.907. The third kappa shape index (κ3) is 3.34. The lowest BCUT2D eigenvalue weighted by atomic mass is 9.99. The van der Waals surface area contributed by atoms with E-state index in [9.17, 15) is 0 Å². The summed E-state index contributed by atoms with van der Waals surface area (Å²) in [7, 11) is 0. The molecule has 0 aliphatic carbocycles. The van der Waals surface area contributed by atoms with E-state index < -0.39 is 0 Å². The third-order valence-electron chi connectivity index (χ3n) is 3.19. The van der Waals surface area contributed by atoms with E-state index in [0.29, 0.717) is 0 Å². The zero-order valence-corrected chi connectivity index (χ0v) is 12.4. The standard InChI is InChI=1S/C16H19ClN2/c1-4-18-8-13-7-14(10-19-9-13)15-5-12(3)16(17)6-11(15)2/h5-7,9-10,18H,4,8H2,1-3H3. The van der Waals surface area contributed by atoms with Gasteiger partial charge in [0.1, 0.15) is 0 Å². The molecule has 0 atom stereocenters. The molecule has 1 heterocycles. The van der Waals surface area contributed by atoms with Crippen LogP contribution in [0.5, 0.6) is 0 Å². The summed E-state index contributed by atoms with van der Waals surface area (Å²) in [5.41, 5.74) is 5.82. The lowest BCUT2D eigenvalue weighted by molar-refractivity contribution is 0.724. The Bertz CT molecular complexity index is 579. The van der Waals surface area contributed by atoms with E-state index in [4.69, 9.17) is 11.6 Å². The molecule has 0 radical (unpaired) electrons. The molecule has 100 valence electrons. The lowest BCUT2D eigenvalue weighted by Crippen LogP contribution is -2.11. The van der Waals surface area contributed by atoms with E-state index in [-0.39, 0.29) is 0 Å². The van der Waals surface area contributed by atoms with Crippen LogP contribution in [0.15, 0.2) is 30.6 Å². The predicted octanol–water partition coefficient (Wildman–Crippen LogP) is 4.13. The van der Waals surface area contributed by atoms with Gasteiger partial charge in [-0.3, -0.25) is 4.98 Å². The Labute approximate surface area is 119 Å². The van der Waals surface area contributed by atoms with Gasteiger partial charge in [-0.1, -0.05) is 18.5 Å². The number of halogens is 1. The second-order valence-electron chi connectivity index (χ2n) is 4.78. The van der Waals surface area contributed by atoms with Gasteiger partial charge >= 0.3 is 0 Å². The molecule has 0 saturated heterocycles. The van der Waals surface area contributed by atoms with Crippen molar-refractivity contribution in [2.45, 2.75) is 27.3 Å². The van der Waals surface area contributed by atoms with Crippen LogP contribution in [0.2, 0.25) is 5.02 Å².